The van der Waals surface area contributed by atoms with E-state index in [2.05, 4.69) is 68.7 Å². The predicted molar refractivity (Wildman–Crippen MR) is 99.8 cm³/mol. The molecule has 0 saturated carbocycles. The van der Waals surface area contributed by atoms with E-state index in [9.17, 15) is 0 Å². The molecule has 21 heavy (non-hydrogen) atoms. The fourth-order valence-electron chi connectivity index (χ4n) is 4.80. The van der Waals surface area contributed by atoms with Crippen LogP contribution in [0.5, 0.6) is 0 Å². The smallest absolute Gasteiger partial charge is 0.0449 e. The predicted octanol–water partition coefficient (Wildman–Crippen LogP) is 6.37. The van der Waals surface area contributed by atoms with Gasteiger partial charge in [-0.25, -0.2) is 0 Å². The van der Waals surface area contributed by atoms with Crippen LogP contribution in [-0.2, 0) is 0 Å². The molecule has 0 nitrogen and oxygen atoms in total. The molecule has 0 aromatic carbocycles. The molecule has 1 heteroatoms. The first-order chi connectivity index (χ1) is 9.53. The molecule has 0 fully saturated rings. The monoisotopic (exact) mass is 303 g/mol. The molecule has 116 valence electrons. The zero-order valence-electron chi connectivity index (χ0n) is 15.6. The summed E-state index contributed by atoms with van der Waals surface area (Å²) in [7, 11) is -1.14. The molecular formula is C20H32P+. The molecule has 2 aliphatic carbocycles. The molecule has 0 radical (unpaired) electrons. The van der Waals surface area contributed by atoms with E-state index in [1.165, 1.54) is 0 Å². The third-order valence-electron chi connectivity index (χ3n) is 6.46. The highest BCUT2D eigenvalue weighted by Gasteiger charge is 2.51. The Kier molecular flexibility index (Phi) is 4.18. The van der Waals surface area contributed by atoms with E-state index in [-0.39, 0.29) is 0 Å². The van der Waals surface area contributed by atoms with Gasteiger partial charge < -0.3 is 0 Å². The van der Waals surface area contributed by atoms with Crippen LogP contribution in [0, 0.1) is 0 Å². The van der Waals surface area contributed by atoms with Crippen molar-refractivity contribution in [2.75, 3.05) is 13.3 Å². The zero-order chi connectivity index (χ0) is 16.3. The summed E-state index contributed by atoms with van der Waals surface area (Å²) in [5.74, 6) is 0. The van der Waals surface area contributed by atoms with E-state index in [4.69, 9.17) is 0 Å². The van der Waals surface area contributed by atoms with Gasteiger partial charge in [-0.15, -0.1) is 0 Å². The lowest BCUT2D eigenvalue weighted by Crippen LogP contribution is -2.24. The quantitative estimate of drug-likeness (QED) is 0.520. The van der Waals surface area contributed by atoms with E-state index in [1.54, 1.807) is 44.6 Å². The van der Waals surface area contributed by atoms with Gasteiger partial charge in [-0.3, -0.25) is 0 Å². The van der Waals surface area contributed by atoms with Gasteiger partial charge in [-0.2, -0.15) is 0 Å². The zero-order valence-corrected chi connectivity index (χ0v) is 16.5. The van der Waals surface area contributed by atoms with Crippen LogP contribution in [0.15, 0.2) is 44.6 Å². The van der Waals surface area contributed by atoms with Crippen molar-refractivity contribution in [3.8, 4) is 0 Å². The average Bonchev–Trinajstić information content (AvgIpc) is 2.72. The van der Waals surface area contributed by atoms with E-state index in [0.717, 1.165) is 0 Å². The molecular weight excluding hydrogens is 271 g/mol. The van der Waals surface area contributed by atoms with Crippen molar-refractivity contribution < 1.29 is 0 Å². The van der Waals surface area contributed by atoms with Gasteiger partial charge in [-0.05, 0) is 100.0 Å². The van der Waals surface area contributed by atoms with Crippen molar-refractivity contribution in [3.63, 3.8) is 0 Å². The Morgan fingerprint density at radius 1 is 0.476 bits per heavy atom. The summed E-state index contributed by atoms with van der Waals surface area (Å²) in [6.07, 6.45) is 0. The van der Waals surface area contributed by atoms with Crippen LogP contribution in [0.3, 0.4) is 0 Å². The lowest BCUT2D eigenvalue weighted by atomic mass is 10.1. The second-order valence-electron chi connectivity index (χ2n) is 7.67. The van der Waals surface area contributed by atoms with Crippen LogP contribution in [-0.4, -0.2) is 24.6 Å². The van der Waals surface area contributed by atoms with Gasteiger partial charge in [0.05, 0.1) is 13.3 Å². The van der Waals surface area contributed by atoms with Crippen LogP contribution in [0.1, 0.15) is 55.4 Å². The first-order valence-corrected chi connectivity index (χ1v) is 10.9. The van der Waals surface area contributed by atoms with E-state index in [1.807, 2.05) is 0 Å². The van der Waals surface area contributed by atoms with Crippen molar-refractivity contribution in [1.82, 2.24) is 0 Å². The maximum absolute atomic E-state index is 2.58. The Hall–Kier alpha value is -0.610. The van der Waals surface area contributed by atoms with Crippen molar-refractivity contribution >= 4 is 7.26 Å². The summed E-state index contributed by atoms with van der Waals surface area (Å²) in [6.45, 7) is 23.9. The Morgan fingerprint density at radius 2 is 0.667 bits per heavy atom. The highest BCUT2D eigenvalue weighted by molar-refractivity contribution is 7.76. The van der Waals surface area contributed by atoms with Gasteiger partial charge in [0.2, 0.25) is 0 Å². The lowest BCUT2D eigenvalue weighted by molar-refractivity contribution is 1.05. The number of rotatable bonds is 2. The van der Waals surface area contributed by atoms with Gasteiger partial charge >= 0.3 is 0 Å². The molecule has 0 aromatic rings. The third kappa shape index (κ3) is 2.22. The molecule has 0 bridgehead atoms. The highest BCUT2D eigenvalue weighted by atomic mass is 31.2. The topological polar surface area (TPSA) is 0 Å². The Bertz CT molecular complexity index is 518. The Balaban J connectivity index is 2.56. The van der Waals surface area contributed by atoms with Crippen LogP contribution >= 0.6 is 7.26 Å². The van der Waals surface area contributed by atoms with Gasteiger partial charge in [0, 0.05) is 7.26 Å². The highest BCUT2D eigenvalue weighted by Crippen LogP contribution is 2.71. The molecule has 0 atom stereocenters. The van der Waals surface area contributed by atoms with E-state index in [0.29, 0.717) is 11.3 Å². The molecule has 0 N–H and O–H groups in total. The largest absolute Gasteiger partial charge is 0.112 e. The first kappa shape index (κ1) is 16.8. The summed E-state index contributed by atoms with van der Waals surface area (Å²) < 4.78 is 0. The second kappa shape index (κ2) is 5.24. The van der Waals surface area contributed by atoms with Crippen molar-refractivity contribution in [2.45, 2.75) is 66.7 Å². The summed E-state index contributed by atoms with van der Waals surface area (Å²) in [6, 6.07) is 0. The van der Waals surface area contributed by atoms with Crippen molar-refractivity contribution in [2.24, 2.45) is 0 Å². The summed E-state index contributed by atoms with van der Waals surface area (Å²) in [5, 5.41) is 0. The van der Waals surface area contributed by atoms with Gasteiger partial charge in [-0.1, -0.05) is 0 Å². The first-order valence-electron chi connectivity index (χ1n) is 8.07. The Morgan fingerprint density at radius 3 is 0.857 bits per heavy atom. The average molecular weight is 303 g/mol. The molecule has 2 rings (SSSR count). The third-order valence-corrected chi connectivity index (χ3v) is 10.7. The second-order valence-corrected chi connectivity index (χ2v) is 12.0. The molecule has 0 unspecified atom stereocenters. The maximum atomic E-state index is 2.58. The molecule has 0 amide bonds. The van der Waals surface area contributed by atoms with Crippen molar-refractivity contribution in [1.29, 1.82) is 0 Å². The standard InChI is InChI=1S/C20H32P/c1-11-12(2)16(6)19(15(11)5)21(9,10)20-17(7)13(3)14(4)18(20)8/h19-20H,1-10H3/q+1. The molecule has 0 saturated heterocycles. The lowest BCUT2D eigenvalue weighted by Gasteiger charge is -2.35. The van der Waals surface area contributed by atoms with Crippen LogP contribution in [0.2, 0.25) is 0 Å². The molecule has 0 heterocycles. The van der Waals surface area contributed by atoms with Gasteiger partial charge in [0.15, 0.2) is 0 Å². The van der Waals surface area contributed by atoms with E-state index >= 15 is 0 Å². The minimum Gasteiger partial charge on any atom is -0.0449 e. The minimum absolute atomic E-state index is 0.686. The number of allylic oxidation sites excluding steroid dienone is 8. The molecule has 2 aliphatic rings. The fraction of sp³-hybridized carbons (Fsp3) is 0.600. The summed E-state index contributed by atoms with van der Waals surface area (Å²) in [5.41, 5.74) is 14.1. The van der Waals surface area contributed by atoms with Crippen LogP contribution in [0.4, 0.5) is 0 Å². The van der Waals surface area contributed by atoms with Gasteiger partial charge in [0.25, 0.3) is 0 Å². The molecule has 0 aliphatic heterocycles. The SMILES string of the molecule is CC1=C(C)C([P+](C)(C)C2C(C)=C(C)C(C)=C2C)C(C)=C1C. The van der Waals surface area contributed by atoms with Crippen LogP contribution in [0.25, 0.3) is 0 Å². The van der Waals surface area contributed by atoms with Crippen molar-refractivity contribution in [3.05, 3.63) is 44.6 Å². The maximum Gasteiger partial charge on any atom is 0.112 e. The summed E-state index contributed by atoms with van der Waals surface area (Å²) in [4.78, 5) is 0. The Labute approximate surface area is 132 Å². The van der Waals surface area contributed by atoms with E-state index < -0.39 is 7.26 Å². The normalized spacial score (nSPS) is 22.6. The molecule has 0 spiro atoms. The number of hydrogen-bond acceptors (Lipinski definition) is 0. The minimum atomic E-state index is -1.14. The summed E-state index contributed by atoms with van der Waals surface area (Å²) >= 11 is 0. The number of hydrogen-bond donors (Lipinski definition) is 0. The van der Waals surface area contributed by atoms with Gasteiger partial charge in [0.1, 0.15) is 11.3 Å². The fourth-order valence-corrected chi connectivity index (χ4v) is 9.86. The molecule has 0 aromatic heterocycles. The van der Waals surface area contributed by atoms with Crippen LogP contribution < -0.4 is 0 Å².